The number of aromatic nitrogens is 4. The first kappa shape index (κ1) is 18.2. The predicted molar refractivity (Wildman–Crippen MR) is 90.3 cm³/mol. The highest BCUT2D eigenvalue weighted by molar-refractivity contribution is 5.92. The number of hydrogen-bond donors (Lipinski definition) is 1. The zero-order chi connectivity index (χ0) is 18.4. The van der Waals surface area contributed by atoms with E-state index >= 15 is 0 Å². The fourth-order valence-corrected chi connectivity index (χ4v) is 2.05. The molecule has 0 saturated carbocycles. The van der Waals surface area contributed by atoms with Crippen molar-refractivity contribution < 1.29 is 19.1 Å². The number of amides is 1. The number of nitrogens with one attached hydrogen (secondary N) is 1. The summed E-state index contributed by atoms with van der Waals surface area (Å²) >= 11 is 0. The van der Waals surface area contributed by atoms with Crippen molar-refractivity contribution in [2.24, 2.45) is 0 Å². The van der Waals surface area contributed by atoms with E-state index < -0.39 is 17.6 Å². The van der Waals surface area contributed by atoms with Gasteiger partial charge in [0.1, 0.15) is 5.56 Å². The Hall–Kier alpha value is -3.10. The van der Waals surface area contributed by atoms with Gasteiger partial charge in [0.15, 0.2) is 5.82 Å². The second kappa shape index (κ2) is 7.65. The first-order valence-corrected chi connectivity index (χ1v) is 7.68. The van der Waals surface area contributed by atoms with Gasteiger partial charge in [-0.25, -0.2) is 19.0 Å². The van der Waals surface area contributed by atoms with Crippen molar-refractivity contribution in [1.82, 2.24) is 24.9 Å². The summed E-state index contributed by atoms with van der Waals surface area (Å²) in [5.41, 5.74) is -0.404. The number of esters is 1. The number of alkyl carbamates (subject to hydrolysis) is 1. The summed E-state index contributed by atoms with van der Waals surface area (Å²) in [6.07, 6.45) is 7.52. The molecule has 2 rings (SSSR count). The molecule has 0 aliphatic rings. The van der Waals surface area contributed by atoms with E-state index in [1.54, 1.807) is 51.5 Å². The molecule has 9 nitrogen and oxygen atoms in total. The molecule has 0 aliphatic carbocycles. The first-order valence-electron chi connectivity index (χ1n) is 7.68. The average Bonchev–Trinajstić information content (AvgIpc) is 3.21. The van der Waals surface area contributed by atoms with Crippen LogP contribution in [0.15, 0.2) is 30.7 Å². The van der Waals surface area contributed by atoms with Crippen LogP contribution in [0.4, 0.5) is 4.79 Å². The minimum Gasteiger partial charge on any atom is -0.462 e. The lowest BCUT2D eigenvalue weighted by Crippen LogP contribution is -2.41. The molecular weight excluding hydrogens is 326 g/mol. The quantitative estimate of drug-likeness (QED) is 0.801. The summed E-state index contributed by atoms with van der Waals surface area (Å²) < 4.78 is 12.7. The molecule has 0 unspecified atom stereocenters. The minimum absolute atomic E-state index is 0.258. The van der Waals surface area contributed by atoms with Crippen LogP contribution in [0.2, 0.25) is 0 Å². The van der Waals surface area contributed by atoms with Gasteiger partial charge < -0.3 is 14.8 Å². The van der Waals surface area contributed by atoms with Gasteiger partial charge in [0.2, 0.25) is 0 Å². The largest absolute Gasteiger partial charge is 0.462 e. The zero-order valence-electron chi connectivity index (χ0n) is 14.6. The van der Waals surface area contributed by atoms with E-state index in [9.17, 15) is 9.59 Å². The van der Waals surface area contributed by atoms with Crippen molar-refractivity contribution >= 4 is 18.3 Å². The second-order valence-corrected chi connectivity index (χ2v) is 5.65. The zero-order valence-corrected chi connectivity index (χ0v) is 14.6. The predicted octanol–water partition coefficient (Wildman–Crippen LogP) is 1.85. The number of carbonyl (C=O) groups excluding carboxylic acids is 2. The lowest BCUT2D eigenvalue weighted by Gasteiger charge is -2.21. The Bertz CT molecular complexity index is 762. The molecule has 25 heavy (non-hydrogen) atoms. The monoisotopic (exact) mass is 347 g/mol. The van der Waals surface area contributed by atoms with Crippen molar-refractivity contribution in [3.63, 3.8) is 0 Å². The van der Waals surface area contributed by atoms with Crippen molar-refractivity contribution in [1.29, 1.82) is 0 Å². The van der Waals surface area contributed by atoms with Crippen LogP contribution >= 0.6 is 0 Å². The summed E-state index contributed by atoms with van der Waals surface area (Å²) in [6, 6.07) is 1.73. The highest BCUT2D eigenvalue weighted by atomic mass is 16.5. The van der Waals surface area contributed by atoms with Gasteiger partial charge in [-0.1, -0.05) is 0 Å². The molecule has 0 bridgehead atoms. The van der Waals surface area contributed by atoms with Crippen LogP contribution in [0, 0.1) is 0 Å². The Labute approximate surface area is 145 Å². The summed E-state index contributed by atoms with van der Waals surface area (Å²) in [6.45, 7) is 5.58. The smallest absolute Gasteiger partial charge is 0.407 e. The minimum atomic E-state index is -0.690. The molecule has 0 aromatic carbocycles. The normalized spacial score (nSPS) is 11.5. The molecule has 0 fully saturated rings. The molecule has 1 amide bonds. The number of carbonyl (C=O) groups is 2. The maximum absolute atomic E-state index is 12.1. The van der Waals surface area contributed by atoms with E-state index in [0.717, 1.165) is 0 Å². The van der Waals surface area contributed by atoms with Gasteiger partial charge in [-0.15, -0.1) is 0 Å². The molecule has 9 heteroatoms. The molecule has 2 aromatic heterocycles. The standard InChI is InChI=1S/C16H21N5O4/c1-5-25-14(22)12-11-18-21(13(12)20-9-6-8-17-20)10-7-16(2,3)19-15(23)24-4/h6-11H,5H2,1-4H3,(H,19,23). The maximum atomic E-state index is 12.1. The summed E-state index contributed by atoms with van der Waals surface area (Å²) in [4.78, 5) is 23.5. The number of nitrogens with zero attached hydrogens (tertiary/aromatic N) is 4. The molecule has 1 N–H and O–H groups in total. The first-order chi connectivity index (χ1) is 11.9. The third-order valence-corrected chi connectivity index (χ3v) is 3.23. The van der Waals surface area contributed by atoms with Crippen molar-refractivity contribution in [2.45, 2.75) is 26.3 Å². The fraction of sp³-hybridized carbons (Fsp3) is 0.375. The topological polar surface area (TPSA) is 100 Å². The van der Waals surface area contributed by atoms with Crippen LogP contribution in [0.1, 0.15) is 31.1 Å². The van der Waals surface area contributed by atoms with Gasteiger partial charge in [-0.2, -0.15) is 10.2 Å². The second-order valence-electron chi connectivity index (χ2n) is 5.65. The van der Waals surface area contributed by atoms with Crippen molar-refractivity contribution in [2.75, 3.05) is 13.7 Å². The number of hydrogen-bond acceptors (Lipinski definition) is 6. The van der Waals surface area contributed by atoms with Gasteiger partial charge in [-0.05, 0) is 32.9 Å². The molecule has 0 atom stereocenters. The molecule has 0 spiro atoms. The van der Waals surface area contributed by atoms with Crippen LogP contribution in [0.25, 0.3) is 12.0 Å². The average molecular weight is 347 g/mol. The van der Waals surface area contributed by atoms with Crippen molar-refractivity contribution in [3.05, 3.63) is 36.3 Å². The third kappa shape index (κ3) is 4.46. The molecule has 0 aliphatic heterocycles. The lowest BCUT2D eigenvalue weighted by atomic mass is 10.1. The maximum Gasteiger partial charge on any atom is 0.407 e. The number of rotatable bonds is 6. The van der Waals surface area contributed by atoms with E-state index in [-0.39, 0.29) is 12.2 Å². The summed E-state index contributed by atoms with van der Waals surface area (Å²) in [7, 11) is 1.30. The van der Waals surface area contributed by atoms with Gasteiger partial charge in [0.25, 0.3) is 0 Å². The van der Waals surface area contributed by atoms with Crippen LogP contribution in [0.3, 0.4) is 0 Å². The molecule has 0 radical (unpaired) electrons. The van der Waals surface area contributed by atoms with Gasteiger partial charge in [0, 0.05) is 18.6 Å². The summed E-state index contributed by atoms with van der Waals surface area (Å²) in [5.74, 6) is -0.0480. The highest BCUT2D eigenvalue weighted by Gasteiger charge is 2.21. The number of methoxy groups -OCH3 is 1. The number of ether oxygens (including phenoxy) is 2. The van der Waals surface area contributed by atoms with Gasteiger partial charge in [-0.3, -0.25) is 0 Å². The Morgan fingerprint density at radius 1 is 1.36 bits per heavy atom. The molecule has 134 valence electrons. The van der Waals surface area contributed by atoms with Crippen LogP contribution in [-0.2, 0) is 9.47 Å². The molecule has 2 heterocycles. The molecular formula is C16H21N5O4. The highest BCUT2D eigenvalue weighted by Crippen LogP contribution is 2.16. The molecule has 0 saturated heterocycles. The Morgan fingerprint density at radius 3 is 2.72 bits per heavy atom. The van der Waals surface area contributed by atoms with Crippen LogP contribution in [0.5, 0.6) is 0 Å². The van der Waals surface area contributed by atoms with Crippen molar-refractivity contribution in [3.8, 4) is 5.82 Å². The Morgan fingerprint density at radius 2 is 2.12 bits per heavy atom. The van der Waals surface area contributed by atoms with E-state index in [1.165, 1.54) is 22.7 Å². The Balaban J connectivity index is 2.37. The van der Waals surface area contributed by atoms with E-state index in [0.29, 0.717) is 5.82 Å². The van der Waals surface area contributed by atoms with Crippen LogP contribution in [-0.4, -0.2) is 50.9 Å². The fourth-order valence-electron chi connectivity index (χ4n) is 2.05. The van der Waals surface area contributed by atoms with E-state index in [1.807, 2.05) is 0 Å². The van der Waals surface area contributed by atoms with Crippen LogP contribution < -0.4 is 5.32 Å². The SMILES string of the molecule is CCOC(=O)c1cnn(C=CC(C)(C)NC(=O)OC)c1-n1cccn1. The Kier molecular flexibility index (Phi) is 5.58. The third-order valence-electron chi connectivity index (χ3n) is 3.23. The van der Waals surface area contributed by atoms with E-state index in [4.69, 9.17) is 4.74 Å². The van der Waals surface area contributed by atoms with Gasteiger partial charge in [0.05, 0.1) is 25.5 Å². The lowest BCUT2D eigenvalue weighted by molar-refractivity contribution is 0.0526. The van der Waals surface area contributed by atoms with E-state index in [2.05, 4.69) is 20.3 Å². The van der Waals surface area contributed by atoms with Gasteiger partial charge >= 0.3 is 12.1 Å². The molecule has 2 aromatic rings. The summed E-state index contributed by atoms with van der Waals surface area (Å²) in [5, 5.41) is 11.0.